The lowest BCUT2D eigenvalue weighted by Gasteiger charge is -2.12. The zero-order chi connectivity index (χ0) is 18.5. The van der Waals surface area contributed by atoms with Crippen molar-refractivity contribution in [3.63, 3.8) is 0 Å². The van der Waals surface area contributed by atoms with Crippen LogP contribution in [0.3, 0.4) is 0 Å². The maximum atomic E-state index is 6.05. The average Bonchev–Trinajstić information content (AvgIpc) is 2.62. The number of nitrogens with zero attached hydrogens (tertiary/aromatic N) is 1. The summed E-state index contributed by atoms with van der Waals surface area (Å²) in [6, 6.07) is 19.6. The molecule has 0 radical (unpaired) electrons. The van der Waals surface area contributed by atoms with Gasteiger partial charge in [-0.3, -0.25) is 4.99 Å². The molecule has 0 heterocycles. The second-order valence-electron chi connectivity index (χ2n) is 5.81. The Balaban J connectivity index is 1.84. The van der Waals surface area contributed by atoms with E-state index >= 15 is 0 Å². The van der Waals surface area contributed by atoms with E-state index in [0.717, 1.165) is 31.5 Å². The van der Waals surface area contributed by atoms with Gasteiger partial charge in [-0.1, -0.05) is 57.4 Å². The zero-order valence-electron chi connectivity index (χ0n) is 14.0. The molecule has 0 saturated carbocycles. The largest absolute Gasteiger partial charge is 0.487 e. The van der Waals surface area contributed by atoms with E-state index in [9.17, 15) is 0 Å². The van der Waals surface area contributed by atoms with Crippen LogP contribution in [0, 0.1) is 6.92 Å². The van der Waals surface area contributed by atoms with Crippen LogP contribution in [0.25, 0.3) is 0 Å². The van der Waals surface area contributed by atoms with E-state index in [-0.39, 0.29) is 0 Å². The first-order chi connectivity index (χ1) is 12.5. The van der Waals surface area contributed by atoms with Crippen LogP contribution in [-0.2, 0) is 6.61 Å². The lowest BCUT2D eigenvalue weighted by Crippen LogP contribution is -1.99. The molecule has 3 aromatic carbocycles. The fourth-order valence-corrected chi connectivity index (χ4v) is 3.84. The van der Waals surface area contributed by atoms with Gasteiger partial charge in [0.25, 0.3) is 0 Å². The van der Waals surface area contributed by atoms with Crippen LogP contribution in [0.5, 0.6) is 5.75 Å². The molecule has 0 aliphatic heterocycles. The van der Waals surface area contributed by atoms with Gasteiger partial charge in [-0.2, -0.15) is 0 Å². The summed E-state index contributed by atoms with van der Waals surface area (Å²) in [5.41, 5.74) is 4.04. The van der Waals surface area contributed by atoms with Gasteiger partial charge in [0.15, 0.2) is 0 Å². The summed E-state index contributed by atoms with van der Waals surface area (Å²) >= 11 is 13.0. The fraction of sp³-hybridized carbons (Fsp3) is 0.0952. The molecule has 0 amide bonds. The van der Waals surface area contributed by atoms with Crippen molar-refractivity contribution < 1.29 is 4.74 Å². The number of aliphatic imine (C=N–C) groups is 1. The van der Waals surface area contributed by atoms with Crippen LogP contribution in [0.15, 0.2) is 74.6 Å². The molecule has 0 spiro atoms. The Morgan fingerprint density at radius 3 is 2.38 bits per heavy atom. The number of aryl methyl sites for hydroxylation is 1. The van der Waals surface area contributed by atoms with Gasteiger partial charge in [-0.15, -0.1) is 0 Å². The number of benzene rings is 3. The average molecular weight is 494 g/mol. The summed E-state index contributed by atoms with van der Waals surface area (Å²) in [6.45, 7) is 2.50. The minimum Gasteiger partial charge on any atom is -0.487 e. The quantitative estimate of drug-likeness (QED) is 0.337. The number of hydrogen-bond donors (Lipinski definition) is 0. The van der Waals surface area contributed by atoms with Gasteiger partial charge in [0, 0.05) is 21.3 Å². The monoisotopic (exact) mass is 491 g/mol. The minimum atomic E-state index is 0.447. The summed E-state index contributed by atoms with van der Waals surface area (Å²) in [6.07, 6.45) is 1.82. The normalized spacial score (nSPS) is 11.1. The van der Waals surface area contributed by atoms with Crippen LogP contribution >= 0.6 is 43.5 Å². The van der Waals surface area contributed by atoms with E-state index in [1.165, 1.54) is 5.56 Å². The second kappa shape index (κ2) is 8.85. The highest BCUT2D eigenvalue weighted by Crippen LogP contribution is 2.33. The highest BCUT2D eigenvalue weighted by molar-refractivity contribution is 9.11. The minimum absolute atomic E-state index is 0.447. The van der Waals surface area contributed by atoms with Crippen molar-refractivity contribution in [2.75, 3.05) is 0 Å². The Hall–Kier alpha value is -1.62. The molecule has 0 fully saturated rings. The molecule has 5 heteroatoms. The van der Waals surface area contributed by atoms with Gasteiger partial charge < -0.3 is 4.74 Å². The SMILES string of the molecule is Cc1ccc(N=Cc2cc(Br)cc(Br)c2OCc2ccc(Cl)cc2)cc1. The number of ether oxygens (including phenoxy) is 1. The predicted octanol–water partition coefficient (Wildman–Crippen LogP) is 7.50. The maximum absolute atomic E-state index is 6.05. The number of halogens is 3. The highest BCUT2D eigenvalue weighted by Gasteiger charge is 2.09. The molecule has 0 aliphatic carbocycles. The van der Waals surface area contributed by atoms with Crippen LogP contribution in [0.1, 0.15) is 16.7 Å². The molecule has 3 rings (SSSR count). The molecule has 132 valence electrons. The van der Waals surface area contributed by atoms with Crippen molar-refractivity contribution in [3.8, 4) is 5.75 Å². The molecule has 0 atom stereocenters. The van der Waals surface area contributed by atoms with Crippen molar-refractivity contribution in [3.05, 3.63) is 91.3 Å². The van der Waals surface area contributed by atoms with Gasteiger partial charge in [-0.05, 0) is 64.8 Å². The van der Waals surface area contributed by atoms with Gasteiger partial charge in [-0.25, -0.2) is 0 Å². The van der Waals surface area contributed by atoms with Gasteiger partial charge in [0.05, 0.1) is 10.2 Å². The molecule has 2 nitrogen and oxygen atoms in total. The summed E-state index contributed by atoms with van der Waals surface area (Å²) in [5, 5.41) is 0.712. The van der Waals surface area contributed by atoms with Crippen molar-refractivity contribution in [1.29, 1.82) is 0 Å². The Kier molecular flexibility index (Phi) is 6.52. The summed E-state index contributed by atoms with van der Waals surface area (Å²) in [5.74, 6) is 0.749. The second-order valence-corrected chi connectivity index (χ2v) is 8.02. The molecule has 0 unspecified atom stereocenters. The third-order valence-electron chi connectivity index (χ3n) is 3.72. The maximum Gasteiger partial charge on any atom is 0.142 e. The molecule has 0 aliphatic rings. The lowest BCUT2D eigenvalue weighted by molar-refractivity contribution is 0.304. The van der Waals surface area contributed by atoms with Gasteiger partial charge >= 0.3 is 0 Å². The number of rotatable bonds is 5. The van der Waals surface area contributed by atoms with E-state index < -0.39 is 0 Å². The van der Waals surface area contributed by atoms with E-state index in [4.69, 9.17) is 16.3 Å². The first-order valence-corrected chi connectivity index (χ1v) is 9.95. The smallest absolute Gasteiger partial charge is 0.142 e. The van der Waals surface area contributed by atoms with E-state index in [1.54, 1.807) is 0 Å². The topological polar surface area (TPSA) is 21.6 Å². The molecule has 0 aromatic heterocycles. The van der Waals surface area contributed by atoms with E-state index in [2.05, 4.69) is 43.8 Å². The molecule has 3 aromatic rings. The van der Waals surface area contributed by atoms with E-state index in [1.807, 2.05) is 66.9 Å². The van der Waals surface area contributed by atoms with Gasteiger partial charge in [0.1, 0.15) is 12.4 Å². The van der Waals surface area contributed by atoms with Crippen LogP contribution < -0.4 is 4.74 Å². The van der Waals surface area contributed by atoms with E-state index in [0.29, 0.717) is 11.6 Å². The Bertz CT molecular complexity index is 922. The Labute approximate surface area is 175 Å². The summed E-state index contributed by atoms with van der Waals surface area (Å²) in [4.78, 5) is 4.56. The third kappa shape index (κ3) is 5.19. The van der Waals surface area contributed by atoms with Crippen LogP contribution in [-0.4, -0.2) is 6.21 Å². The first-order valence-electron chi connectivity index (χ1n) is 7.98. The molecular weight excluding hydrogens is 477 g/mol. The molecular formula is C21H16Br2ClNO. The standard InChI is InChI=1S/C21H16Br2ClNO/c1-14-2-8-19(9-3-14)25-12-16-10-17(22)11-20(23)21(16)26-13-15-4-6-18(24)7-5-15/h2-12H,13H2,1H3. The third-order valence-corrected chi connectivity index (χ3v) is 5.02. The van der Waals surface area contributed by atoms with Crippen molar-refractivity contribution in [1.82, 2.24) is 0 Å². The highest BCUT2D eigenvalue weighted by atomic mass is 79.9. The van der Waals surface area contributed by atoms with Crippen LogP contribution in [0.4, 0.5) is 5.69 Å². The molecule has 0 saturated heterocycles. The lowest BCUT2D eigenvalue weighted by atomic mass is 10.2. The van der Waals surface area contributed by atoms with Crippen molar-refractivity contribution >= 4 is 55.4 Å². The molecule has 26 heavy (non-hydrogen) atoms. The Morgan fingerprint density at radius 2 is 1.69 bits per heavy atom. The number of hydrogen-bond acceptors (Lipinski definition) is 2. The van der Waals surface area contributed by atoms with Gasteiger partial charge in [0.2, 0.25) is 0 Å². The Morgan fingerprint density at radius 1 is 1.00 bits per heavy atom. The van der Waals surface area contributed by atoms with Crippen molar-refractivity contribution in [2.24, 2.45) is 4.99 Å². The van der Waals surface area contributed by atoms with Crippen LogP contribution in [0.2, 0.25) is 5.02 Å². The predicted molar refractivity (Wildman–Crippen MR) is 116 cm³/mol. The molecule has 0 bridgehead atoms. The summed E-state index contributed by atoms with van der Waals surface area (Å²) < 4.78 is 7.87. The zero-order valence-corrected chi connectivity index (χ0v) is 18.0. The first kappa shape index (κ1) is 19.2. The molecule has 0 N–H and O–H groups in total. The fourth-order valence-electron chi connectivity index (χ4n) is 2.34. The summed E-state index contributed by atoms with van der Waals surface area (Å²) in [7, 11) is 0. The van der Waals surface area contributed by atoms with Crippen molar-refractivity contribution in [2.45, 2.75) is 13.5 Å².